The van der Waals surface area contributed by atoms with E-state index in [0.717, 1.165) is 53.0 Å². The first kappa shape index (κ1) is 19.3. The zero-order valence-corrected chi connectivity index (χ0v) is 17.8. The number of hydrogen-bond donors (Lipinski definition) is 3. The minimum Gasteiger partial charge on any atom is -0.388 e. The summed E-state index contributed by atoms with van der Waals surface area (Å²) in [6.07, 6.45) is 0.207. The Bertz CT molecular complexity index is 1060. The van der Waals surface area contributed by atoms with Gasteiger partial charge in [-0.2, -0.15) is 0 Å². The number of rotatable bonds is 3. The van der Waals surface area contributed by atoms with Crippen LogP contribution in [0.5, 0.6) is 0 Å². The van der Waals surface area contributed by atoms with Gasteiger partial charge in [-0.25, -0.2) is 4.99 Å². The number of anilines is 2. The molecule has 0 unspecified atom stereocenters. The molecule has 3 aromatic rings. The number of aliphatic imine (C=N–C) groups is 1. The van der Waals surface area contributed by atoms with Crippen molar-refractivity contribution in [2.45, 2.75) is 25.5 Å². The zero-order chi connectivity index (χ0) is 20.5. The molecule has 2 aromatic carbocycles. The number of nitrogens with zero attached hydrogens (tertiary/aromatic N) is 2. The minimum absolute atomic E-state index is 0.200. The number of aliphatic hydroxyl groups is 1. The molecule has 0 saturated carbocycles. The van der Waals surface area contributed by atoms with Gasteiger partial charge in [0, 0.05) is 30.6 Å². The molecule has 2 aliphatic rings. The van der Waals surface area contributed by atoms with Crippen LogP contribution in [-0.4, -0.2) is 41.5 Å². The molecular weight excluding hydrogens is 392 g/mol. The van der Waals surface area contributed by atoms with Gasteiger partial charge in [-0.1, -0.05) is 42.5 Å². The van der Waals surface area contributed by atoms with Crippen LogP contribution in [0.1, 0.15) is 28.5 Å². The van der Waals surface area contributed by atoms with Crippen LogP contribution in [0.25, 0.3) is 0 Å². The van der Waals surface area contributed by atoms with Crippen molar-refractivity contribution >= 4 is 33.5 Å². The molecule has 2 aliphatic heterocycles. The highest BCUT2D eigenvalue weighted by Gasteiger charge is 2.28. The van der Waals surface area contributed by atoms with Gasteiger partial charge in [0.1, 0.15) is 10.8 Å². The lowest BCUT2D eigenvalue weighted by Gasteiger charge is -2.36. The van der Waals surface area contributed by atoms with Crippen LogP contribution in [0, 0.1) is 6.92 Å². The Labute approximate surface area is 181 Å². The quantitative estimate of drug-likeness (QED) is 0.582. The molecule has 154 valence electrons. The summed E-state index contributed by atoms with van der Waals surface area (Å²) in [6, 6.07) is 20.6. The van der Waals surface area contributed by atoms with Gasteiger partial charge in [0.15, 0.2) is 0 Å². The van der Waals surface area contributed by atoms with E-state index in [4.69, 9.17) is 4.99 Å². The van der Waals surface area contributed by atoms with Crippen molar-refractivity contribution in [3.63, 3.8) is 0 Å². The van der Waals surface area contributed by atoms with Crippen molar-refractivity contribution < 1.29 is 5.11 Å². The Kier molecular flexibility index (Phi) is 5.29. The number of benzene rings is 2. The Hall–Kier alpha value is -2.67. The van der Waals surface area contributed by atoms with Crippen molar-refractivity contribution in [3.05, 3.63) is 76.7 Å². The summed E-state index contributed by atoms with van der Waals surface area (Å²) in [4.78, 5) is 8.72. The highest BCUT2D eigenvalue weighted by Crippen LogP contribution is 2.39. The van der Waals surface area contributed by atoms with E-state index < -0.39 is 6.10 Å². The number of aryl methyl sites for hydroxylation is 1. The maximum Gasteiger partial charge on any atom is 0.139 e. The maximum atomic E-state index is 10.7. The van der Waals surface area contributed by atoms with E-state index in [1.807, 2.05) is 42.5 Å². The maximum absolute atomic E-state index is 10.7. The van der Waals surface area contributed by atoms with Gasteiger partial charge in [-0.15, -0.1) is 11.3 Å². The number of amidine groups is 1. The number of aliphatic hydroxyl groups excluding tert-OH is 1. The number of thiophene rings is 1. The van der Waals surface area contributed by atoms with Crippen molar-refractivity contribution in [1.82, 2.24) is 10.2 Å². The molecule has 3 heterocycles. The number of nitrogens with one attached hydrogen (secondary N) is 2. The van der Waals surface area contributed by atoms with E-state index in [-0.39, 0.29) is 6.04 Å². The van der Waals surface area contributed by atoms with E-state index in [2.05, 4.69) is 40.7 Å². The van der Waals surface area contributed by atoms with E-state index in [1.165, 1.54) is 4.88 Å². The second-order valence-corrected chi connectivity index (χ2v) is 9.19. The van der Waals surface area contributed by atoms with E-state index >= 15 is 0 Å². The van der Waals surface area contributed by atoms with Crippen LogP contribution < -0.4 is 10.6 Å². The molecule has 1 aromatic heterocycles. The lowest BCUT2D eigenvalue weighted by atomic mass is 10.00. The number of piperazine rings is 1. The van der Waals surface area contributed by atoms with Gasteiger partial charge in [-0.3, -0.25) is 0 Å². The molecule has 5 rings (SSSR count). The third kappa shape index (κ3) is 3.86. The van der Waals surface area contributed by atoms with Gasteiger partial charge in [0.25, 0.3) is 0 Å². The summed E-state index contributed by atoms with van der Waals surface area (Å²) in [5.41, 5.74) is 4.14. The van der Waals surface area contributed by atoms with Gasteiger partial charge in [-0.05, 0) is 37.1 Å². The third-order valence-corrected chi connectivity index (χ3v) is 6.69. The van der Waals surface area contributed by atoms with Crippen LogP contribution in [0.3, 0.4) is 0 Å². The Morgan fingerprint density at radius 1 is 1.17 bits per heavy atom. The fraction of sp³-hybridized carbons (Fsp3) is 0.292. The summed E-state index contributed by atoms with van der Waals surface area (Å²) in [7, 11) is 0. The molecule has 1 saturated heterocycles. The first-order valence-corrected chi connectivity index (χ1v) is 11.3. The molecule has 2 atom stereocenters. The van der Waals surface area contributed by atoms with Crippen molar-refractivity contribution in [1.29, 1.82) is 0 Å². The summed E-state index contributed by atoms with van der Waals surface area (Å²) in [5.74, 6) is 1.02. The van der Waals surface area contributed by atoms with Crippen molar-refractivity contribution in [3.8, 4) is 0 Å². The molecule has 0 bridgehead atoms. The topological polar surface area (TPSA) is 59.9 Å². The monoisotopic (exact) mass is 418 g/mol. The molecule has 0 aliphatic carbocycles. The number of hydrogen-bond acceptors (Lipinski definition) is 6. The standard InChI is InChI=1S/C24H26N4OS/c1-16-13-19-23(26-20-9-5-6-10-21(20)27-24(19)30-16)28-12-11-25-18(15-28)14-22(29)17-7-3-2-4-8-17/h2-10,13,18,22,25,27,29H,11-12,14-15H2,1H3/t18-,22+/m1/s1. The molecule has 0 amide bonds. The zero-order valence-electron chi connectivity index (χ0n) is 17.0. The molecule has 6 heteroatoms. The lowest BCUT2D eigenvalue weighted by molar-refractivity contribution is 0.136. The van der Waals surface area contributed by atoms with Gasteiger partial charge in [0.05, 0.1) is 23.0 Å². The summed E-state index contributed by atoms with van der Waals surface area (Å²) in [5, 5.41) is 19.0. The molecule has 30 heavy (non-hydrogen) atoms. The van der Waals surface area contributed by atoms with Crippen LogP contribution in [-0.2, 0) is 0 Å². The number of fused-ring (bicyclic) bond motifs is 2. The lowest BCUT2D eigenvalue weighted by Crippen LogP contribution is -2.53. The second-order valence-electron chi connectivity index (χ2n) is 7.94. The molecule has 0 radical (unpaired) electrons. The fourth-order valence-electron chi connectivity index (χ4n) is 4.24. The minimum atomic E-state index is -0.471. The second kappa shape index (κ2) is 8.22. The van der Waals surface area contributed by atoms with Crippen molar-refractivity contribution in [2.24, 2.45) is 4.99 Å². The molecule has 1 fully saturated rings. The van der Waals surface area contributed by atoms with Crippen molar-refractivity contribution in [2.75, 3.05) is 25.0 Å². The molecule has 5 nitrogen and oxygen atoms in total. The van der Waals surface area contributed by atoms with Gasteiger partial charge in [0.2, 0.25) is 0 Å². The van der Waals surface area contributed by atoms with Crippen LogP contribution in [0.4, 0.5) is 16.4 Å². The highest BCUT2D eigenvalue weighted by atomic mass is 32.1. The van der Waals surface area contributed by atoms with Crippen LogP contribution in [0.2, 0.25) is 0 Å². The van der Waals surface area contributed by atoms with Crippen LogP contribution in [0.15, 0.2) is 65.7 Å². The molecule has 0 spiro atoms. The largest absolute Gasteiger partial charge is 0.388 e. The summed E-state index contributed by atoms with van der Waals surface area (Å²) in [6.45, 7) is 4.73. The molecule has 3 N–H and O–H groups in total. The third-order valence-electron chi connectivity index (χ3n) is 5.72. The summed E-state index contributed by atoms with van der Waals surface area (Å²) < 4.78 is 0. The average Bonchev–Trinajstić information content (AvgIpc) is 3.06. The Morgan fingerprint density at radius 2 is 1.97 bits per heavy atom. The fourth-order valence-corrected chi connectivity index (χ4v) is 5.16. The highest BCUT2D eigenvalue weighted by molar-refractivity contribution is 7.16. The van der Waals surface area contributed by atoms with Gasteiger partial charge >= 0.3 is 0 Å². The predicted molar refractivity (Wildman–Crippen MR) is 124 cm³/mol. The van der Waals surface area contributed by atoms with E-state index in [9.17, 15) is 5.11 Å². The Balaban J connectivity index is 1.42. The Morgan fingerprint density at radius 3 is 2.83 bits per heavy atom. The van der Waals surface area contributed by atoms with E-state index in [1.54, 1.807) is 11.3 Å². The normalized spacial score (nSPS) is 19.2. The first-order chi connectivity index (χ1) is 14.7. The summed E-state index contributed by atoms with van der Waals surface area (Å²) >= 11 is 1.77. The molecular formula is C24H26N4OS. The SMILES string of the molecule is Cc1cc2c(s1)Nc1ccccc1N=C2N1CCN[C@H](C[C@H](O)c2ccccc2)C1. The van der Waals surface area contributed by atoms with Crippen LogP contribution >= 0.6 is 11.3 Å². The smallest absolute Gasteiger partial charge is 0.139 e. The average molecular weight is 419 g/mol. The predicted octanol–water partition coefficient (Wildman–Crippen LogP) is 4.59. The van der Waals surface area contributed by atoms with E-state index in [0.29, 0.717) is 6.42 Å². The first-order valence-electron chi connectivity index (χ1n) is 10.4. The van der Waals surface area contributed by atoms with Gasteiger partial charge < -0.3 is 20.6 Å². The number of para-hydroxylation sites is 2.